The number of rotatable bonds is 6. The molecule has 1 heterocycles. The van der Waals surface area contributed by atoms with Crippen LogP contribution in [0.2, 0.25) is 0 Å². The zero-order valence-corrected chi connectivity index (χ0v) is 15.2. The first-order valence-electron chi connectivity index (χ1n) is 9.12. The first-order valence-corrected chi connectivity index (χ1v) is 9.12. The van der Waals surface area contributed by atoms with E-state index in [1.54, 1.807) is 0 Å². The second-order valence-corrected chi connectivity index (χ2v) is 6.58. The molecule has 0 amide bonds. The van der Waals surface area contributed by atoms with Crippen molar-refractivity contribution in [1.29, 1.82) is 0 Å². The van der Waals surface area contributed by atoms with Gasteiger partial charge in [0.05, 0.1) is 12.7 Å². The second kappa shape index (κ2) is 7.71. The van der Waals surface area contributed by atoms with Crippen molar-refractivity contribution in [1.82, 2.24) is 0 Å². The number of benzene rings is 3. The third-order valence-electron chi connectivity index (χ3n) is 4.85. The lowest BCUT2D eigenvalue weighted by atomic mass is 9.80. The molecule has 0 radical (unpaired) electrons. The van der Waals surface area contributed by atoms with Crippen molar-refractivity contribution in [2.45, 2.75) is 11.7 Å². The summed E-state index contributed by atoms with van der Waals surface area (Å²) in [4.78, 5) is 11.5. The van der Waals surface area contributed by atoms with E-state index in [0.29, 0.717) is 0 Å². The molecule has 3 aromatic carbocycles. The van der Waals surface area contributed by atoms with E-state index in [4.69, 9.17) is 9.47 Å². The summed E-state index contributed by atoms with van der Waals surface area (Å²) < 4.78 is 11.7. The van der Waals surface area contributed by atoms with Gasteiger partial charge in [-0.05, 0) is 16.7 Å². The Morgan fingerprint density at radius 3 is 1.57 bits per heavy atom. The number of esters is 1. The van der Waals surface area contributed by atoms with Gasteiger partial charge in [-0.25, -0.2) is 4.79 Å². The third kappa shape index (κ3) is 3.30. The van der Waals surface area contributed by atoms with Crippen molar-refractivity contribution >= 4 is 5.97 Å². The van der Waals surface area contributed by atoms with Crippen LogP contribution in [0, 0.1) is 0 Å². The maximum Gasteiger partial charge on any atom is 0.335 e. The average Bonchev–Trinajstić information content (AvgIpc) is 3.08. The van der Waals surface area contributed by atoms with Gasteiger partial charge in [0.15, 0.2) is 6.10 Å². The van der Waals surface area contributed by atoms with Gasteiger partial charge in [-0.2, -0.15) is 0 Å². The Balaban J connectivity index is 1.84. The standard InChI is InChI=1S/C24H20O4/c25-21-16-23(26)28-22(21)17-27-24(18-10-4-1-5-11-18,19-12-6-2-7-13-19)20-14-8-3-9-15-20/h1-16,22,25H,17H2/t22-/m0/s1. The normalized spacial score (nSPS) is 16.5. The van der Waals surface area contributed by atoms with Crippen molar-refractivity contribution in [2.75, 3.05) is 6.61 Å². The Kier molecular flexibility index (Phi) is 4.96. The van der Waals surface area contributed by atoms with Gasteiger partial charge in [0.2, 0.25) is 0 Å². The number of ether oxygens (including phenoxy) is 2. The highest BCUT2D eigenvalue weighted by Crippen LogP contribution is 2.40. The molecule has 1 atom stereocenters. The second-order valence-electron chi connectivity index (χ2n) is 6.58. The van der Waals surface area contributed by atoms with E-state index in [1.165, 1.54) is 0 Å². The lowest BCUT2D eigenvalue weighted by molar-refractivity contribution is -0.143. The van der Waals surface area contributed by atoms with E-state index < -0.39 is 17.7 Å². The van der Waals surface area contributed by atoms with Crippen molar-refractivity contribution in [3.8, 4) is 0 Å². The molecular weight excluding hydrogens is 352 g/mol. The maximum atomic E-state index is 11.5. The van der Waals surface area contributed by atoms with Crippen molar-refractivity contribution in [2.24, 2.45) is 0 Å². The summed E-state index contributed by atoms with van der Waals surface area (Å²) in [5.74, 6) is -0.677. The minimum Gasteiger partial charge on any atom is -0.508 e. The SMILES string of the molecule is O=C1C=C(O)[C@H](COC(c2ccccc2)(c2ccccc2)c2ccccc2)O1. The van der Waals surface area contributed by atoms with Gasteiger partial charge in [0.1, 0.15) is 11.4 Å². The molecule has 140 valence electrons. The van der Waals surface area contributed by atoms with Gasteiger partial charge in [-0.3, -0.25) is 0 Å². The number of hydrogen-bond donors (Lipinski definition) is 1. The van der Waals surface area contributed by atoms with Crippen molar-refractivity contribution in [3.05, 3.63) is 120 Å². The van der Waals surface area contributed by atoms with Crippen LogP contribution < -0.4 is 0 Å². The third-order valence-corrected chi connectivity index (χ3v) is 4.85. The monoisotopic (exact) mass is 372 g/mol. The highest BCUT2D eigenvalue weighted by Gasteiger charge is 2.39. The van der Waals surface area contributed by atoms with Gasteiger partial charge in [-0.1, -0.05) is 91.0 Å². The highest BCUT2D eigenvalue weighted by atomic mass is 16.6. The Labute approximate surface area is 163 Å². The molecule has 4 heteroatoms. The molecule has 4 rings (SSSR count). The number of aliphatic hydroxyl groups is 1. The van der Waals surface area contributed by atoms with E-state index in [9.17, 15) is 9.90 Å². The van der Waals surface area contributed by atoms with E-state index in [2.05, 4.69) is 0 Å². The predicted octanol–water partition coefficient (Wildman–Crippen LogP) is 4.36. The lowest BCUT2D eigenvalue weighted by Crippen LogP contribution is -2.36. The molecule has 0 bridgehead atoms. The van der Waals surface area contributed by atoms with Crippen molar-refractivity contribution in [3.63, 3.8) is 0 Å². The fourth-order valence-electron chi connectivity index (χ4n) is 3.54. The zero-order chi connectivity index (χ0) is 19.4. The van der Waals surface area contributed by atoms with Crippen LogP contribution in [-0.4, -0.2) is 23.8 Å². The topological polar surface area (TPSA) is 55.8 Å². The Morgan fingerprint density at radius 2 is 1.21 bits per heavy atom. The van der Waals surface area contributed by atoms with Gasteiger partial charge in [0, 0.05) is 0 Å². The molecule has 0 fully saturated rings. The number of carbonyl (C=O) groups excluding carboxylic acids is 1. The summed E-state index contributed by atoms with van der Waals surface area (Å²) in [6.45, 7) is 0.0206. The van der Waals surface area contributed by atoms with E-state index >= 15 is 0 Å². The number of cyclic esters (lactones) is 1. The van der Waals surface area contributed by atoms with Crippen LogP contribution in [0.15, 0.2) is 103 Å². The Morgan fingerprint density at radius 1 is 0.786 bits per heavy atom. The Bertz CT molecular complexity index is 869. The average molecular weight is 372 g/mol. The molecule has 3 aromatic rings. The molecule has 0 aromatic heterocycles. The molecule has 0 saturated carbocycles. The molecule has 4 nitrogen and oxygen atoms in total. The van der Waals surface area contributed by atoms with E-state index in [0.717, 1.165) is 22.8 Å². The van der Waals surface area contributed by atoms with Crippen LogP contribution in [0.4, 0.5) is 0 Å². The minimum absolute atomic E-state index is 0.0206. The van der Waals surface area contributed by atoms with Crippen LogP contribution in [0.25, 0.3) is 0 Å². The molecule has 1 aliphatic rings. The summed E-state index contributed by atoms with van der Waals surface area (Å²) in [5.41, 5.74) is 1.92. The largest absolute Gasteiger partial charge is 0.508 e. The zero-order valence-electron chi connectivity index (χ0n) is 15.2. The molecule has 0 spiro atoms. The lowest BCUT2D eigenvalue weighted by Gasteiger charge is -2.36. The minimum atomic E-state index is -0.918. The van der Waals surface area contributed by atoms with E-state index in [-0.39, 0.29) is 12.4 Å². The summed E-state index contributed by atoms with van der Waals surface area (Å²) in [6.07, 6.45) is 0.270. The molecule has 28 heavy (non-hydrogen) atoms. The summed E-state index contributed by atoms with van der Waals surface area (Å²) >= 11 is 0. The molecular formula is C24H20O4. The molecule has 1 aliphatic heterocycles. The fourth-order valence-corrected chi connectivity index (χ4v) is 3.54. The smallest absolute Gasteiger partial charge is 0.335 e. The van der Waals surface area contributed by atoms with Gasteiger partial charge < -0.3 is 14.6 Å². The quantitative estimate of drug-likeness (QED) is 0.516. The Hall–Kier alpha value is -3.37. The molecule has 1 N–H and O–H groups in total. The van der Waals surface area contributed by atoms with Crippen LogP contribution in [0.1, 0.15) is 16.7 Å². The summed E-state index contributed by atoms with van der Waals surface area (Å²) in [7, 11) is 0. The first kappa shape index (κ1) is 18.0. The highest BCUT2D eigenvalue weighted by molar-refractivity contribution is 5.85. The molecule has 0 unspecified atom stereocenters. The van der Waals surface area contributed by atoms with E-state index in [1.807, 2.05) is 91.0 Å². The van der Waals surface area contributed by atoms with Crippen LogP contribution in [-0.2, 0) is 19.9 Å². The van der Waals surface area contributed by atoms with Gasteiger partial charge >= 0.3 is 5.97 Å². The van der Waals surface area contributed by atoms with Crippen LogP contribution >= 0.6 is 0 Å². The van der Waals surface area contributed by atoms with Gasteiger partial charge in [-0.15, -0.1) is 0 Å². The number of hydrogen-bond acceptors (Lipinski definition) is 4. The number of carbonyl (C=O) groups is 1. The van der Waals surface area contributed by atoms with Crippen molar-refractivity contribution < 1.29 is 19.4 Å². The number of aliphatic hydroxyl groups excluding tert-OH is 1. The fraction of sp³-hybridized carbons (Fsp3) is 0.125. The predicted molar refractivity (Wildman–Crippen MR) is 106 cm³/mol. The molecule has 0 aliphatic carbocycles. The van der Waals surface area contributed by atoms with Crippen LogP contribution in [0.5, 0.6) is 0 Å². The summed E-state index contributed by atoms with van der Waals surface area (Å²) in [6, 6.07) is 29.7. The molecule has 0 saturated heterocycles. The van der Waals surface area contributed by atoms with Crippen LogP contribution in [0.3, 0.4) is 0 Å². The summed E-state index contributed by atoms with van der Waals surface area (Å²) in [5, 5.41) is 10.0. The maximum absolute atomic E-state index is 11.5. The first-order chi connectivity index (χ1) is 13.7. The van der Waals surface area contributed by atoms with Gasteiger partial charge in [0.25, 0.3) is 0 Å².